The Morgan fingerprint density at radius 2 is 2.00 bits per heavy atom. The lowest BCUT2D eigenvalue weighted by atomic mass is 10.1. The van der Waals surface area contributed by atoms with Gasteiger partial charge in [0, 0.05) is 18.9 Å². The summed E-state index contributed by atoms with van der Waals surface area (Å²) in [5.74, 6) is 1.16. The Kier molecular flexibility index (Phi) is 3.45. The van der Waals surface area contributed by atoms with Gasteiger partial charge in [-0.15, -0.1) is 6.58 Å². The minimum atomic E-state index is -0.0183. The van der Waals surface area contributed by atoms with Crippen molar-refractivity contribution in [3.8, 4) is 11.8 Å². The van der Waals surface area contributed by atoms with Crippen LogP contribution in [-0.4, -0.2) is 36.6 Å². The van der Waals surface area contributed by atoms with Crippen LogP contribution in [0.25, 0.3) is 0 Å². The number of rotatable bonds is 4. The van der Waals surface area contributed by atoms with E-state index in [0.717, 1.165) is 0 Å². The van der Waals surface area contributed by atoms with E-state index in [9.17, 15) is 4.79 Å². The molecule has 1 atom stereocenters. The van der Waals surface area contributed by atoms with E-state index in [1.54, 1.807) is 12.1 Å². The maximum atomic E-state index is 11.9. The lowest BCUT2D eigenvalue weighted by Gasteiger charge is -2.15. The summed E-state index contributed by atoms with van der Waals surface area (Å²) >= 11 is 0. The number of methoxy groups -OCH3 is 2. The molecule has 96 valence electrons. The summed E-state index contributed by atoms with van der Waals surface area (Å²) in [4.78, 5) is 21.7. The maximum Gasteiger partial charge on any atom is 0.238 e. The van der Waals surface area contributed by atoms with Gasteiger partial charge in [0.05, 0.1) is 20.3 Å². The topological polar surface area (TPSA) is 64.6 Å². The van der Waals surface area contributed by atoms with Crippen LogP contribution in [0.3, 0.4) is 0 Å². The summed E-state index contributed by atoms with van der Waals surface area (Å²) in [6.07, 6.45) is 2.21. The Hall–Kier alpha value is -2.11. The SMILES string of the molecule is C=CC1CC(=O)N(c2nc(OC)cc(OC)n2)C1. The minimum absolute atomic E-state index is 0.0183. The van der Waals surface area contributed by atoms with Gasteiger partial charge in [0.15, 0.2) is 0 Å². The van der Waals surface area contributed by atoms with Crippen LogP contribution in [0.15, 0.2) is 18.7 Å². The van der Waals surface area contributed by atoms with Gasteiger partial charge in [0.2, 0.25) is 23.6 Å². The van der Waals surface area contributed by atoms with Crippen molar-refractivity contribution in [3.63, 3.8) is 0 Å². The molecule has 6 nitrogen and oxygen atoms in total. The van der Waals surface area contributed by atoms with E-state index in [4.69, 9.17) is 9.47 Å². The molecule has 2 heterocycles. The van der Waals surface area contributed by atoms with Crippen molar-refractivity contribution >= 4 is 11.9 Å². The number of amides is 1. The Morgan fingerprint density at radius 3 is 2.44 bits per heavy atom. The molecule has 18 heavy (non-hydrogen) atoms. The predicted molar refractivity (Wildman–Crippen MR) is 65.8 cm³/mol. The van der Waals surface area contributed by atoms with E-state index < -0.39 is 0 Å². The second-order valence-electron chi connectivity index (χ2n) is 3.96. The molecule has 0 N–H and O–H groups in total. The lowest BCUT2D eigenvalue weighted by molar-refractivity contribution is -0.117. The molecular weight excluding hydrogens is 234 g/mol. The van der Waals surface area contributed by atoms with Crippen molar-refractivity contribution < 1.29 is 14.3 Å². The first kappa shape index (κ1) is 12.3. The number of aromatic nitrogens is 2. The number of hydrogen-bond donors (Lipinski definition) is 0. The summed E-state index contributed by atoms with van der Waals surface area (Å²) in [6.45, 7) is 4.24. The van der Waals surface area contributed by atoms with Crippen LogP contribution >= 0.6 is 0 Å². The smallest absolute Gasteiger partial charge is 0.238 e. The molecule has 1 unspecified atom stereocenters. The van der Waals surface area contributed by atoms with Crippen LogP contribution in [-0.2, 0) is 4.79 Å². The third-order valence-corrected chi connectivity index (χ3v) is 2.82. The Balaban J connectivity index is 2.32. The molecule has 0 spiro atoms. The molecule has 0 bridgehead atoms. The second-order valence-corrected chi connectivity index (χ2v) is 3.96. The van der Waals surface area contributed by atoms with Crippen LogP contribution in [0.2, 0.25) is 0 Å². The van der Waals surface area contributed by atoms with Gasteiger partial charge < -0.3 is 9.47 Å². The van der Waals surface area contributed by atoms with Crippen molar-refractivity contribution in [2.45, 2.75) is 6.42 Å². The first-order chi connectivity index (χ1) is 8.67. The Morgan fingerprint density at radius 1 is 1.39 bits per heavy atom. The molecule has 0 aliphatic carbocycles. The van der Waals surface area contributed by atoms with Crippen molar-refractivity contribution in [2.75, 3.05) is 25.7 Å². The Labute approximate surface area is 105 Å². The zero-order valence-corrected chi connectivity index (χ0v) is 10.4. The summed E-state index contributed by atoms with van der Waals surface area (Å²) in [7, 11) is 3.01. The van der Waals surface area contributed by atoms with E-state index in [-0.39, 0.29) is 11.8 Å². The quantitative estimate of drug-likeness (QED) is 0.746. The van der Waals surface area contributed by atoms with Gasteiger partial charge in [0.25, 0.3) is 0 Å². The highest BCUT2D eigenvalue weighted by atomic mass is 16.5. The minimum Gasteiger partial charge on any atom is -0.481 e. The van der Waals surface area contributed by atoms with Crippen LogP contribution in [0.4, 0.5) is 5.95 Å². The van der Waals surface area contributed by atoms with Gasteiger partial charge in [-0.3, -0.25) is 9.69 Å². The van der Waals surface area contributed by atoms with Crippen LogP contribution in [0, 0.1) is 5.92 Å². The van der Waals surface area contributed by atoms with Crippen LogP contribution in [0.1, 0.15) is 6.42 Å². The summed E-state index contributed by atoms with van der Waals surface area (Å²) in [5, 5.41) is 0. The molecule has 1 aromatic heterocycles. The average Bonchev–Trinajstić information content (AvgIpc) is 2.79. The van der Waals surface area contributed by atoms with Crippen molar-refractivity contribution in [1.29, 1.82) is 0 Å². The first-order valence-electron chi connectivity index (χ1n) is 5.58. The predicted octanol–water partition coefficient (Wildman–Crippen LogP) is 1.03. The van der Waals surface area contributed by atoms with Crippen molar-refractivity contribution in [1.82, 2.24) is 9.97 Å². The fourth-order valence-corrected chi connectivity index (χ4v) is 1.81. The van der Waals surface area contributed by atoms with Gasteiger partial charge >= 0.3 is 0 Å². The molecule has 1 aliphatic rings. The van der Waals surface area contributed by atoms with Crippen LogP contribution < -0.4 is 14.4 Å². The second kappa shape index (κ2) is 5.03. The van der Waals surface area contributed by atoms with Gasteiger partial charge in [0.1, 0.15) is 0 Å². The molecule has 0 aromatic carbocycles. The number of ether oxygens (including phenoxy) is 2. The van der Waals surface area contributed by atoms with Crippen molar-refractivity contribution in [3.05, 3.63) is 18.7 Å². The van der Waals surface area contributed by atoms with Crippen LogP contribution in [0.5, 0.6) is 11.8 Å². The molecule has 1 aromatic rings. The highest BCUT2D eigenvalue weighted by molar-refractivity contribution is 5.94. The molecule has 1 amide bonds. The third-order valence-electron chi connectivity index (χ3n) is 2.82. The summed E-state index contributed by atoms with van der Waals surface area (Å²) < 4.78 is 10.1. The van der Waals surface area contributed by atoms with E-state index in [1.165, 1.54) is 19.1 Å². The van der Waals surface area contributed by atoms with E-state index in [1.807, 2.05) is 0 Å². The molecule has 6 heteroatoms. The number of carbonyl (C=O) groups excluding carboxylic acids is 1. The fraction of sp³-hybridized carbons (Fsp3) is 0.417. The fourth-order valence-electron chi connectivity index (χ4n) is 1.81. The molecule has 1 aliphatic heterocycles. The monoisotopic (exact) mass is 249 g/mol. The maximum absolute atomic E-state index is 11.9. The zero-order chi connectivity index (χ0) is 13.1. The summed E-state index contributed by atoms with van der Waals surface area (Å²) in [6, 6.07) is 1.56. The van der Waals surface area contributed by atoms with Gasteiger partial charge in [-0.2, -0.15) is 9.97 Å². The largest absolute Gasteiger partial charge is 0.481 e. The first-order valence-corrected chi connectivity index (χ1v) is 5.58. The van der Waals surface area contributed by atoms with E-state index in [0.29, 0.717) is 30.7 Å². The van der Waals surface area contributed by atoms with Gasteiger partial charge in [-0.05, 0) is 0 Å². The molecule has 0 saturated carbocycles. The van der Waals surface area contributed by atoms with E-state index >= 15 is 0 Å². The lowest BCUT2D eigenvalue weighted by Crippen LogP contribution is -2.26. The number of nitrogens with zero attached hydrogens (tertiary/aromatic N) is 3. The third kappa shape index (κ3) is 2.27. The molecular formula is C12H15N3O3. The normalized spacial score (nSPS) is 18.9. The number of anilines is 1. The molecule has 2 rings (SSSR count). The molecule has 1 fully saturated rings. The zero-order valence-electron chi connectivity index (χ0n) is 10.4. The highest BCUT2D eigenvalue weighted by Crippen LogP contribution is 2.26. The average molecular weight is 249 g/mol. The Bertz CT molecular complexity index is 453. The standard InChI is InChI=1S/C12H15N3O3/c1-4-8-5-11(16)15(7-8)12-13-9(17-2)6-10(14-12)18-3/h4,6,8H,1,5,7H2,2-3H3. The molecule has 0 radical (unpaired) electrons. The molecule has 1 saturated heterocycles. The highest BCUT2D eigenvalue weighted by Gasteiger charge is 2.31. The van der Waals surface area contributed by atoms with Gasteiger partial charge in [-0.25, -0.2) is 0 Å². The number of hydrogen-bond acceptors (Lipinski definition) is 5. The van der Waals surface area contributed by atoms with Crippen molar-refractivity contribution in [2.24, 2.45) is 5.92 Å². The van der Waals surface area contributed by atoms with E-state index in [2.05, 4.69) is 16.5 Å². The van der Waals surface area contributed by atoms with Gasteiger partial charge in [-0.1, -0.05) is 6.08 Å². The number of carbonyl (C=O) groups is 1. The summed E-state index contributed by atoms with van der Waals surface area (Å²) in [5.41, 5.74) is 0.